The molecule has 9 heteroatoms. The van der Waals surface area contributed by atoms with Crippen LogP contribution in [-0.4, -0.2) is 18.2 Å². The summed E-state index contributed by atoms with van der Waals surface area (Å²) in [6.07, 6.45) is -5.01. The van der Waals surface area contributed by atoms with Crippen molar-refractivity contribution >= 4 is 22.6 Å². The van der Waals surface area contributed by atoms with Crippen molar-refractivity contribution in [3.63, 3.8) is 0 Å². The molecule has 160 valence electrons. The molecule has 0 bridgehead atoms. The molecule has 3 aromatic rings. The number of hydrogen-bond acceptors (Lipinski definition) is 4. The van der Waals surface area contributed by atoms with Gasteiger partial charge >= 0.3 is 6.18 Å². The molecule has 0 atom stereocenters. The van der Waals surface area contributed by atoms with Gasteiger partial charge in [0.1, 0.15) is 18.0 Å². The maximum Gasteiger partial charge on any atom is 0.453 e. The van der Waals surface area contributed by atoms with E-state index in [2.05, 4.69) is 0 Å². The normalized spacial score (nSPS) is 12.0. The summed E-state index contributed by atoms with van der Waals surface area (Å²) in [5.41, 5.74) is -1.17. The number of ether oxygens (including phenoxy) is 1. The molecule has 1 aromatic heterocycles. The van der Waals surface area contributed by atoms with E-state index in [9.17, 15) is 23.1 Å². The highest BCUT2D eigenvalue weighted by Crippen LogP contribution is 2.40. The summed E-state index contributed by atoms with van der Waals surface area (Å²) < 4.78 is 51.8. The average Bonchev–Trinajstić information content (AvgIpc) is 2.70. The predicted molar refractivity (Wildman–Crippen MR) is 106 cm³/mol. The zero-order valence-electron chi connectivity index (χ0n) is 16.3. The first kappa shape index (κ1) is 22.0. The van der Waals surface area contributed by atoms with Crippen LogP contribution in [0.2, 0.25) is 5.02 Å². The van der Waals surface area contributed by atoms with Gasteiger partial charge in [-0.1, -0.05) is 23.7 Å². The number of nitrogens with one attached hydrogen (secondary N) is 1. The van der Waals surface area contributed by atoms with Crippen molar-refractivity contribution in [2.75, 3.05) is 13.1 Å². The number of para-hydroxylation sites is 1. The van der Waals surface area contributed by atoms with Crippen molar-refractivity contribution in [1.29, 1.82) is 0 Å². The van der Waals surface area contributed by atoms with Gasteiger partial charge in [-0.2, -0.15) is 13.2 Å². The van der Waals surface area contributed by atoms with Gasteiger partial charge < -0.3 is 19.2 Å². The topological polar surface area (TPSA) is 64.1 Å². The number of benzene rings is 2. The minimum absolute atomic E-state index is 0.0432. The first-order chi connectivity index (χ1) is 14.2. The lowest BCUT2D eigenvalue weighted by Gasteiger charge is -2.18. The number of fused-ring (bicyclic) bond motifs is 1. The molecule has 3 rings (SSSR count). The van der Waals surface area contributed by atoms with E-state index in [1.165, 1.54) is 30.3 Å². The Bertz CT molecular complexity index is 1120. The average molecular weight is 443 g/mol. The van der Waals surface area contributed by atoms with Crippen LogP contribution in [-0.2, 0) is 12.7 Å². The fourth-order valence-electron chi connectivity index (χ4n) is 3.12. The molecule has 0 saturated heterocycles. The molecule has 30 heavy (non-hydrogen) atoms. The zero-order chi connectivity index (χ0) is 22.1. The van der Waals surface area contributed by atoms with E-state index in [-0.39, 0.29) is 39.6 Å². The summed E-state index contributed by atoms with van der Waals surface area (Å²) in [6, 6.07) is 8.35. The highest BCUT2D eigenvalue weighted by atomic mass is 35.5. The van der Waals surface area contributed by atoms with Gasteiger partial charge in [-0.05, 0) is 38.1 Å². The standard InChI is InChI=1S/C21H19ClF3NO4/c1-3-26(4-2)11-13-15(27)10-9-12-17(28)19(20(21(23,24)25)30-18(12)13)29-16-8-6-5-7-14(16)22/h5-10,27H,3-4,11H2,1-2H3/p+1. The Kier molecular flexibility index (Phi) is 6.28. The van der Waals surface area contributed by atoms with Crippen LogP contribution < -0.4 is 15.1 Å². The molecule has 5 nitrogen and oxygen atoms in total. The lowest BCUT2D eigenvalue weighted by atomic mass is 10.1. The summed E-state index contributed by atoms with van der Waals surface area (Å²) in [7, 11) is 0. The minimum atomic E-state index is -5.01. The van der Waals surface area contributed by atoms with E-state index < -0.39 is 23.1 Å². The summed E-state index contributed by atoms with van der Waals surface area (Å²) in [5.74, 6) is -2.93. The maximum atomic E-state index is 13.8. The van der Waals surface area contributed by atoms with E-state index in [4.69, 9.17) is 20.8 Å². The second-order valence-electron chi connectivity index (χ2n) is 6.69. The van der Waals surface area contributed by atoms with Crippen LogP contribution in [0.15, 0.2) is 45.6 Å². The van der Waals surface area contributed by atoms with Crippen LogP contribution in [0.3, 0.4) is 0 Å². The van der Waals surface area contributed by atoms with E-state index in [0.29, 0.717) is 13.1 Å². The molecule has 0 saturated carbocycles. The van der Waals surface area contributed by atoms with Crippen LogP contribution in [0, 0.1) is 0 Å². The van der Waals surface area contributed by atoms with Gasteiger partial charge in [0.05, 0.1) is 29.1 Å². The molecule has 0 spiro atoms. The van der Waals surface area contributed by atoms with Crippen molar-refractivity contribution in [2.24, 2.45) is 0 Å². The third-order valence-corrected chi connectivity index (χ3v) is 5.14. The molecule has 0 aliphatic carbocycles. The molecule has 0 fully saturated rings. The smallest absolute Gasteiger partial charge is 0.453 e. The maximum absolute atomic E-state index is 13.8. The number of hydrogen-bond donors (Lipinski definition) is 2. The SMILES string of the molecule is CC[NH+](CC)Cc1c(O)ccc2c(=O)c(Oc3ccccc3Cl)c(C(F)(F)F)oc12. The second-order valence-corrected chi connectivity index (χ2v) is 7.10. The number of halogens is 4. The highest BCUT2D eigenvalue weighted by Gasteiger charge is 2.41. The van der Waals surface area contributed by atoms with Crippen LogP contribution in [0.1, 0.15) is 25.2 Å². The van der Waals surface area contributed by atoms with Gasteiger partial charge in [0.2, 0.25) is 11.2 Å². The molecule has 2 aromatic carbocycles. The van der Waals surface area contributed by atoms with E-state index >= 15 is 0 Å². The summed E-state index contributed by atoms with van der Waals surface area (Å²) >= 11 is 5.97. The third kappa shape index (κ3) is 4.24. The summed E-state index contributed by atoms with van der Waals surface area (Å²) in [6.45, 7) is 5.37. The van der Waals surface area contributed by atoms with E-state index in [1.54, 1.807) is 6.07 Å². The lowest BCUT2D eigenvalue weighted by molar-refractivity contribution is -0.910. The second kappa shape index (κ2) is 8.57. The third-order valence-electron chi connectivity index (χ3n) is 4.83. The van der Waals surface area contributed by atoms with Crippen LogP contribution >= 0.6 is 11.6 Å². The molecule has 1 heterocycles. The number of phenolic OH excluding ortho intramolecular Hbond substituents is 1. The first-order valence-corrected chi connectivity index (χ1v) is 9.69. The summed E-state index contributed by atoms with van der Waals surface area (Å²) in [4.78, 5) is 14.0. The molecule has 0 radical (unpaired) electrons. The highest BCUT2D eigenvalue weighted by molar-refractivity contribution is 6.32. The van der Waals surface area contributed by atoms with Crippen LogP contribution in [0.4, 0.5) is 13.2 Å². The molecular formula is C21H20ClF3NO4+. The Morgan fingerprint density at radius 1 is 1.13 bits per heavy atom. The van der Waals surface area contributed by atoms with Crippen LogP contribution in [0.25, 0.3) is 11.0 Å². The van der Waals surface area contributed by atoms with Gasteiger partial charge in [0.15, 0.2) is 5.58 Å². The molecule has 0 unspecified atom stereocenters. The first-order valence-electron chi connectivity index (χ1n) is 9.32. The predicted octanol–water partition coefficient (Wildman–Crippen LogP) is 4.39. The van der Waals surface area contributed by atoms with Crippen molar-refractivity contribution in [1.82, 2.24) is 0 Å². The lowest BCUT2D eigenvalue weighted by Crippen LogP contribution is -3.10. The molecule has 2 N–H and O–H groups in total. The fourth-order valence-corrected chi connectivity index (χ4v) is 3.30. The zero-order valence-corrected chi connectivity index (χ0v) is 17.0. The Morgan fingerprint density at radius 3 is 2.40 bits per heavy atom. The number of rotatable bonds is 6. The Labute approximate surface area is 175 Å². The Hall–Kier alpha value is -2.71. The molecular weight excluding hydrogens is 423 g/mol. The van der Waals surface area contributed by atoms with Crippen molar-refractivity contribution < 1.29 is 32.3 Å². The summed E-state index contributed by atoms with van der Waals surface area (Å²) in [5, 5.41) is 10.2. The van der Waals surface area contributed by atoms with Gasteiger partial charge in [-0.3, -0.25) is 4.79 Å². The molecule has 0 aliphatic rings. The number of alkyl halides is 3. The van der Waals surface area contributed by atoms with Gasteiger partial charge in [-0.25, -0.2) is 0 Å². The van der Waals surface area contributed by atoms with E-state index in [1.807, 2.05) is 13.8 Å². The Balaban J connectivity index is 2.28. The van der Waals surface area contributed by atoms with Crippen LogP contribution in [0.5, 0.6) is 17.2 Å². The van der Waals surface area contributed by atoms with Gasteiger partial charge in [-0.15, -0.1) is 0 Å². The van der Waals surface area contributed by atoms with Crippen molar-refractivity contribution in [3.8, 4) is 17.2 Å². The van der Waals surface area contributed by atoms with Crippen molar-refractivity contribution in [3.05, 3.63) is 63.0 Å². The fraction of sp³-hybridized carbons (Fsp3) is 0.286. The number of quaternary nitrogens is 1. The van der Waals surface area contributed by atoms with Gasteiger partial charge in [0.25, 0.3) is 5.76 Å². The number of phenols is 1. The largest absolute Gasteiger partial charge is 0.507 e. The quantitative estimate of drug-likeness (QED) is 0.594. The molecule has 0 aliphatic heterocycles. The monoisotopic (exact) mass is 442 g/mol. The van der Waals surface area contributed by atoms with Crippen molar-refractivity contribution in [2.45, 2.75) is 26.6 Å². The minimum Gasteiger partial charge on any atom is -0.507 e. The number of aromatic hydroxyl groups is 1. The van der Waals surface area contributed by atoms with E-state index in [0.717, 1.165) is 4.90 Å². The molecule has 0 amide bonds. The van der Waals surface area contributed by atoms with Gasteiger partial charge in [0, 0.05) is 0 Å². The Morgan fingerprint density at radius 2 is 1.80 bits per heavy atom.